The Morgan fingerprint density at radius 3 is 2.21 bits per heavy atom. The van der Waals surface area contributed by atoms with Crippen LogP contribution in [0.15, 0.2) is 84.0 Å². The number of sulfonamides is 1. The van der Waals surface area contributed by atoms with E-state index < -0.39 is 10.0 Å². The third-order valence-electron chi connectivity index (χ3n) is 4.49. The van der Waals surface area contributed by atoms with Gasteiger partial charge in [0.2, 0.25) is 5.91 Å². The van der Waals surface area contributed by atoms with Gasteiger partial charge in [0.15, 0.2) is 0 Å². The molecule has 1 amide bonds. The Hall–Kier alpha value is -3.19. The maximum absolute atomic E-state index is 13.2. The van der Waals surface area contributed by atoms with E-state index in [9.17, 15) is 13.2 Å². The van der Waals surface area contributed by atoms with Gasteiger partial charge >= 0.3 is 0 Å². The molecule has 3 rings (SSSR count). The van der Waals surface area contributed by atoms with Gasteiger partial charge in [-0.3, -0.25) is 14.1 Å². The molecule has 1 N–H and O–H groups in total. The van der Waals surface area contributed by atoms with Crippen molar-refractivity contribution in [1.82, 2.24) is 10.3 Å². The monoisotopic (exact) mass is 409 g/mol. The summed E-state index contributed by atoms with van der Waals surface area (Å²) in [7, 11) is -3.89. The van der Waals surface area contributed by atoms with Crippen molar-refractivity contribution in [3.63, 3.8) is 0 Å². The molecule has 0 aliphatic carbocycles. The summed E-state index contributed by atoms with van der Waals surface area (Å²) < 4.78 is 27.6. The number of nitrogens with zero attached hydrogens (tertiary/aromatic N) is 2. The predicted octanol–water partition coefficient (Wildman–Crippen LogP) is 3.16. The largest absolute Gasteiger partial charge is 0.350 e. The van der Waals surface area contributed by atoms with Gasteiger partial charge in [0.25, 0.3) is 10.0 Å². The molecule has 0 fully saturated rings. The van der Waals surface area contributed by atoms with Crippen molar-refractivity contribution in [2.45, 2.75) is 24.8 Å². The van der Waals surface area contributed by atoms with Gasteiger partial charge in [-0.2, -0.15) is 0 Å². The maximum Gasteiger partial charge on any atom is 0.264 e. The molecular weight excluding hydrogens is 386 g/mol. The smallest absolute Gasteiger partial charge is 0.264 e. The number of hydrogen-bond donors (Lipinski definition) is 1. The highest BCUT2D eigenvalue weighted by Crippen LogP contribution is 2.24. The number of rotatable bonds is 8. The lowest BCUT2D eigenvalue weighted by Gasteiger charge is -2.24. The molecule has 6 nitrogen and oxygen atoms in total. The van der Waals surface area contributed by atoms with Crippen molar-refractivity contribution in [3.8, 4) is 0 Å². The second kappa shape index (κ2) is 9.34. The highest BCUT2D eigenvalue weighted by molar-refractivity contribution is 7.92. The number of hydrogen-bond acceptors (Lipinski definition) is 4. The number of benzene rings is 2. The fraction of sp³-hybridized carbons (Fsp3) is 0.182. The van der Waals surface area contributed by atoms with Crippen LogP contribution in [-0.2, 0) is 27.8 Å². The average Bonchev–Trinajstić information content (AvgIpc) is 2.77. The van der Waals surface area contributed by atoms with Crippen molar-refractivity contribution in [3.05, 3.63) is 90.3 Å². The highest BCUT2D eigenvalue weighted by Gasteiger charge is 2.27. The third-order valence-corrected chi connectivity index (χ3v) is 6.28. The Labute approximate surface area is 171 Å². The van der Waals surface area contributed by atoms with Gasteiger partial charge in [-0.05, 0) is 53.9 Å². The van der Waals surface area contributed by atoms with Crippen LogP contribution in [0.5, 0.6) is 0 Å². The molecule has 0 aliphatic heterocycles. The summed E-state index contributed by atoms with van der Waals surface area (Å²) in [6.07, 6.45) is 4.13. The molecule has 29 heavy (non-hydrogen) atoms. The van der Waals surface area contributed by atoms with Crippen LogP contribution in [0, 0.1) is 0 Å². The minimum Gasteiger partial charge on any atom is -0.350 e. The summed E-state index contributed by atoms with van der Waals surface area (Å²) in [5.74, 6) is -0.388. The molecule has 7 heteroatoms. The summed E-state index contributed by atoms with van der Waals surface area (Å²) in [5.41, 5.74) is 2.43. The number of carbonyl (C=O) groups excluding carboxylic acids is 1. The molecule has 3 aromatic rings. The van der Waals surface area contributed by atoms with Gasteiger partial charge in [0.05, 0.1) is 10.6 Å². The van der Waals surface area contributed by atoms with Crippen molar-refractivity contribution in [1.29, 1.82) is 0 Å². The first-order chi connectivity index (χ1) is 14.0. The number of aromatic nitrogens is 1. The van der Waals surface area contributed by atoms with Crippen LogP contribution < -0.4 is 9.62 Å². The van der Waals surface area contributed by atoms with Crippen molar-refractivity contribution < 1.29 is 13.2 Å². The normalized spacial score (nSPS) is 11.1. The molecule has 2 aromatic carbocycles. The number of nitrogens with one attached hydrogen (secondary N) is 1. The fourth-order valence-electron chi connectivity index (χ4n) is 2.82. The number of aryl methyl sites for hydroxylation is 1. The lowest BCUT2D eigenvalue weighted by atomic mass is 10.1. The number of anilines is 1. The summed E-state index contributed by atoms with van der Waals surface area (Å²) in [5, 5.41) is 2.77. The first kappa shape index (κ1) is 20.5. The zero-order valence-corrected chi connectivity index (χ0v) is 17.0. The highest BCUT2D eigenvalue weighted by atomic mass is 32.2. The van der Waals surface area contributed by atoms with Crippen LogP contribution in [0.3, 0.4) is 0 Å². The molecule has 0 saturated carbocycles. The first-order valence-electron chi connectivity index (χ1n) is 9.33. The second-order valence-corrected chi connectivity index (χ2v) is 8.34. The van der Waals surface area contributed by atoms with Gasteiger partial charge in [0, 0.05) is 18.9 Å². The molecule has 0 unspecified atom stereocenters. The summed E-state index contributed by atoms with van der Waals surface area (Å²) in [6, 6.07) is 18.9. The molecule has 1 aromatic heterocycles. The van der Waals surface area contributed by atoms with Gasteiger partial charge < -0.3 is 5.32 Å². The summed E-state index contributed by atoms with van der Waals surface area (Å²) in [4.78, 5) is 16.6. The van der Waals surface area contributed by atoms with Crippen LogP contribution in [0.4, 0.5) is 5.69 Å². The summed E-state index contributed by atoms with van der Waals surface area (Å²) in [6.45, 7) is 2.02. The number of pyridine rings is 1. The van der Waals surface area contributed by atoms with Crippen molar-refractivity contribution >= 4 is 21.6 Å². The average molecular weight is 410 g/mol. The first-order valence-corrected chi connectivity index (χ1v) is 10.8. The van der Waals surface area contributed by atoms with E-state index in [1.54, 1.807) is 54.9 Å². The van der Waals surface area contributed by atoms with Crippen LogP contribution in [0.1, 0.15) is 18.1 Å². The number of carbonyl (C=O) groups is 1. The summed E-state index contributed by atoms with van der Waals surface area (Å²) >= 11 is 0. The van der Waals surface area contributed by atoms with Crippen molar-refractivity contribution in [2.24, 2.45) is 0 Å². The molecule has 0 aliphatic rings. The molecular formula is C22H23N3O3S. The predicted molar refractivity (Wildman–Crippen MR) is 113 cm³/mol. The Morgan fingerprint density at radius 1 is 0.931 bits per heavy atom. The van der Waals surface area contributed by atoms with Crippen molar-refractivity contribution in [2.75, 3.05) is 10.8 Å². The van der Waals surface area contributed by atoms with E-state index in [4.69, 9.17) is 0 Å². The second-order valence-electron chi connectivity index (χ2n) is 6.48. The zero-order chi connectivity index (χ0) is 20.7. The molecule has 150 valence electrons. The van der Waals surface area contributed by atoms with Gasteiger partial charge in [-0.15, -0.1) is 0 Å². The molecule has 0 spiro atoms. The molecule has 0 saturated heterocycles. The van der Waals surface area contributed by atoms with Gasteiger partial charge in [-0.25, -0.2) is 8.42 Å². The van der Waals surface area contributed by atoms with Crippen LogP contribution in [0.25, 0.3) is 0 Å². The van der Waals surface area contributed by atoms with E-state index in [2.05, 4.69) is 10.3 Å². The minimum atomic E-state index is -3.89. The minimum absolute atomic E-state index is 0.140. The Balaban J connectivity index is 1.85. The Bertz CT molecular complexity index is 1040. The molecule has 0 atom stereocenters. The van der Waals surface area contributed by atoms with Gasteiger partial charge in [-0.1, -0.05) is 37.3 Å². The zero-order valence-electron chi connectivity index (χ0n) is 16.2. The van der Waals surface area contributed by atoms with Crippen LogP contribution in [0.2, 0.25) is 0 Å². The lowest BCUT2D eigenvalue weighted by molar-refractivity contribution is -0.119. The van der Waals surface area contributed by atoms with E-state index in [0.717, 1.165) is 21.9 Å². The topological polar surface area (TPSA) is 79.4 Å². The van der Waals surface area contributed by atoms with E-state index in [1.165, 1.54) is 12.1 Å². The third kappa shape index (κ3) is 5.20. The Morgan fingerprint density at radius 2 is 1.59 bits per heavy atom. The van der Waals surface area contributed by atoms with E-state index in [0.29, 0.717) is 12.2 Å². The molecule has 1 heterocycles. The van der Waals surface area contributed by atoms with E-state index in [1.807, 2.05) is 19.1 Å². The van der Waals surface area contributed by atoms with E-state index in [-0.39, 0.29) is 17.3 Å². The lowest BCUT2D eigenvalue weighted by Crippen LogP contribution is -2.40. The fourth-order valence-corrected chi connectivity index (χ4v) is 4.26. The molecule has 0 radical (unpaired) electrons. The standard InChI is InChI=1S/C22H23N3O3S/c1-2-18-8-10-20(11-9-18)25(29(27,28)21-6-4-3-5-7-21)17-22(26)24-16-19-12-14-23-15-13-19/h3-15H,2,16-17H2,1H3,(H,24,26). The Kier molecular flexibility index (Phi) is 6.61. The quantitative estimate of drug-likeness (QED) is 0.620. The van der Waals surface area contributed by atoms with Crippen LogP contribution in [-0.4, -0.2) is 25.9 Å². The molecule has 0 bridgehead atoms. The van der Waals surface area contributed by atoms with Crippen LogP contribution >= 0.6 is 0 Å². The van der Waals surface area contributed by atoms with E-state index >= 15 is 0 Å². The maximum atomic E-state index is 13.2. The van der Waals surface area contributed by atoms with Gasteiger partial charge in [0.1, 0.15) is 6.54 Å². The SMILES string of the molecule is CCc1ccc(N(CC(=O)NCc2ccncc2)S(=O)(=O)c2ccccc2)cc1. The number of amides is 1.